The number of hydrogen-bond donors (Lipinski definition) is 1. The Bertz CT molecular complexity index is 780. The number of benzene rings is 2. The van der Waals surface area contributed by atoms with E-state index < -0.39 is 17.8 Å². The first-order chi connectivity index (χ1) is 11.0. The van der Waals surface area contributed by atoms with Crippen LogP contribution in [0.5, 0.6) is 0 Å². The average molecular weight is 353 g/mol. The molecule has 3 rings (SSSR count). The normalized spacial score (nSPS) is 17.7. The summed E-state index contributed by atoms with van der Waals surface area (Å²) >= 11 is 11.9. The molecule has 0 bridgehead atoms. The van der Waals surface area contributed by atoms with Gasteiger partial charge in [-0.05, 0) is 42.5 Å². The van der Waals surface area contributed by atoms with Crippen LogP contribution in [0.25, 0.3) is 0 Å². The zero-order valence-electron chi connectivity index (χ0n) is 11.7. The summed E-state index contributed by atoms with van der Waals surface area (Å²) in [6, 6.07) is 9.28. The number of amides is 2. The number of carbonyl (C=O) groups is 2. The lowest BCUT2D eigenvalue weighted by molar-refractivity contribution is -0.121. The Morgan fingerprint density at radius 3 is 2.43 bits per heavy atom. The average Bonchev–Trinajstić information content (AvgIpc) is 2.78. The van der Waals surface area contributed by atoms with Gasteiger partial charge >= 0.3 is 0 Å². The van der Waals surface area contributed by atoms with E-state index in [0.29, 0.717) is 21.4 Å². The Balaban J connectivity index is 1.82. The maximum atomic E-state index is 13.0. The lowest BCUT2D eigenvalue weighted by Crippen LogP contribution is -2.34. The van der Waals surface area contributed by atoms with E-state index in [2.05, 4.69) is 5.32 Å². The van der Waals surface area contributed by atoms with Crippen molar-refractivity contribution in [3.05, 3.63) is 58.3 Å². The Kier molecular flexibility index (Phi) is 4.24. The van der Waals surface area contributed by atoms with Crippen molar-refractivity contribution in [2.75, 3.05) is 10.2 Å². The smallest absolute Gasteiger partial charge is 0.256 e. The lowest BCUT2D eigenvalue weighted by Gasteiger charge is -2.16. The summed E-state index contributed by atoms with van der Waals surface area (Å²) in [7, 11) is 0. The topological polar surface area (TPSA) is 49.4 Å². The van der Waals surface area contributed by atoms with Crippen LogP contribution in [-0.4, -0.2) is 17.9 Å². The quantitative estimate of drug-likeness (QED) is 0.852. The molecule has 0 spiro atoms. The highest BCUT2D eigenvalue weighted by molar-refractivity contribution is 6.36. The highest BCUT2D eigenvalue weighted by Gasteiger charge is 2.39. The van der Waals surface area contributed by atoms with Crippen molar-refractivity contribution in [3.8, 4) is 0 Å². The van der Waals surface area contributed by atoms with Gasteiger partial charge in [0, 0.05) is 5.02 Å². The van der Waals surface area contributed by atoms with Crippen molar-refractivity contribution in [1.82, 2.24) is 0 Å². The lowest BCUT2D eigenvalue weighted by atomic mass is 10.2. The van der Waals surface area contributed by atoms with E-state index in [4.69, 9.17) is 23.2 Å². The molecule has 0 saturated carbocycles. The predicted octanol–water partition coefficient (Wildman–Crippen LogP) is 3.88. The number of nitrogens with zero attached hydrogens (tertiary/aromatic N) is 1. The monoisotopic (exact) mass is 352 g/mol. The first-order valence-electron chi connectivity index (χ1n) is 6.79. The van der Waals surface area contributed by atoms with Gasteiger partial charge in [-0.15, -0.1) is 0 Å². The van der Waals surface area contributed by atoms with Crippen LogP contribution in [0.15, 0.2) is 42.5 Å². The van der Waals surface area contributed by atoms with Crippen molar-refractivity contribution in [2.24, 2.45) is 0 Å². The zero-order valence-corrected chi connectivity index (χ0v) is 13.2. The second-order valence-corrected chi connectivity index (χ2v) is 5.91. The number of nitrogens with one attached hydrogen (secondary N) is 1. The molecule has 0 radical (unpaired) electrons. The van der Waals surface area contributed by atoms with Crippen LogP contribution in [0.3, 0.4) is 0 Å². The number of halogens is 3. The van der Waals surface area contributed by atoms with Crippen LogP contribution in [0, 0.1) is 5.82 Å². The molecule has 1 saturated heterocycles. The third-order valence-corrected chi connectivity index (χ3v) is 4.04. The minimum atomic E-state index is -0.730. The first kappa shape index (κ1) is 15.8. The Hall–Kier alpha value is -2.11. The summed E-state index contributed by atoms with van der Waals surface area (Å²) in [5, 5.41) is 3.78. The highest BCUT2D eigenvalue weighted by Crippen LogP contribution is 2.29. The molecule has 1 N–H and O–H groups in total. The fraction of sp³-hybridized carbons (Fsp3) is 0.125. The second kappa shape index (κ2) is 6.18. The van der Waals surface area contributed by atoms with Gasteiger partial charge in [0.1, 0.15) is 11.9 Å². The molecular weight excluding hydrogens is 342 g/mol. The molecule has 1 aliphatic rings. The molecule has 1 unspecified atom stereocenters. The third kappa shape index (κ3) is 3.16. The summed E-state index contributed by atoms with van der Waals surface area (Å²) < 4.78 is 13.0. The number of rotatable bonds is 3. The molecule has 2 aromatic carbocycles. The van der Waals surface area contributed by atoms with Crippen LogP contribution in [-0.2, 0) is 9.59 Å². The molecule has 2 aromatic rings. The number of anilines is 2. The van der Waals surface area contributed by atoms with Gasteiger partial charge in [-0.25, -0.2) is 9.29 Å². The van der Waals surface area contributed by atoms with Crippen molar-refractivity contribution in [2.45, 2.75) is 12.5 Å². The van der Waals surface area contributed by atoms with Gasteiger partial charge in [0.25, 0.3) is 5.91 Å². The molecular formula is C16H11Cl2FN2O2. The summed E-state index contributed by atoms with van der Waals surface area (Å²) in [4.78, 5) is 25.6. The minimum Gasteiger partial charge on any atom is -0.372 e. The van der Waals surface area contributed by atoms with Crippen molar-refractivity contribution >= 4 is 46.4 Å². The van der Waals surface area contributed by atoms with E-state index in [-0.39, 0.29) is 12.3 Å². The molecule has 23 heavy (non-hydrogen) atoms. The van der Waals surface area contributed by atoms with E-state index >= 15 is 0 Å². The van der Waals surface area contributed by atoms with Gasteiger partial charge < -0.3 is 5.32 Å². The molecule has 2 amide bonds. The SMILES string of the molecule is O=C1CC(Nc2ccc(Cl)cc2Cl)C(=O)N1c1ccc(F)cc1. The molecule has 0 aromatic heterocycles. The predicted molar refractivity (Wildman–Crippen MR) is 87.4 cm³/mol. The molecule has 1 fully saturated rings. The largest absolute Gasteiger partial charge is 0.372 e. The summed E-state index contributed by atoms with van der Waals surface area (Å²) in [6.45, 7) is 0. The molecule has 0 aliphatic carbocycles. The standard InChI is InChI=1S/C16H11Cl2FN2O2/c17-9-1-6-13(12(18)7-9)20-14-8-15(22)21(16(14)23)11-4-2-10(19)3-5-11/h1-7,14,20H,8H2. The zero-order chi connectivity index (χ0) is 16.6. The van der Waals surface area contributed by atoms with E-state index in [1.54, 1.807) is 18.2 Å². The maximum Gasteiger partial charge on any atom is 0.256 e. The van der Waals surface area contributed by atoms with Gasteiger partial charge in [0.2, 0.25) is 5.91 Å². The van der Waals surface area contributed by atoms with Crippen LogP contribution >= 0.6 is 23.2 Å². The molecule has 4 nitrogen and oxygen atoms in total. The van der Waals surface area contributed by atoms with E-state index in [9.17, 15) is 14.0 Å². The molecule has 1 heterocycles. The van der Waals surface area contributed by atoms with Gasteiger partial charge in [-0.3, -0.25) is 9.59 Å². The van der Waals surface area contributed by atoms with Crippen molar-refractivity contribution < 1.29 is 14.0 Å². The fourth-order valence-electron chi connectivity index (χ4n) is 2.40. The molecule has 1 atom stereocenters. The summed E-state index contributed by atoms with van der Waals surface area (Å²) in [5.41, 5.74) is 0.857. The highest BCUT2D eigenvalue weighted by atomic mass is 35.5. The minimum absolute atomic E-state index is 0.00480. The van der Waals surface area contributed by atoms with Crippen LogP contribution in [0.2, 0.25) is 10.0 Å². The molecule has 118 valence electrons. The van der Waals surface area contributed by atoms with Crippen molar-refractivity contribution in [1.29, 1.82) is 0 Å². The molecule has 1 aliphatic heterocycles. The van der Waals surface area contributed by atoms with Gasteiger partial charge in [0.15, 0.2) is 0 Å². The summed E-state index contributed by atoms with van der Waals surface area (Å²) in [5.74, 6) is -1.20. The Morgan fingerprint density at radius 2 is 1.78 bits per heavy atom. The number of carbonyl (C=O) groups excluding carboxylic acids is 2. The number of imide groups is 1. The fourth-order valence-corrected chi connectivity index (χ4v) is 2.86. The van der Waals surface area contributed by atoms with Gasteiger partial charge in [0.05, 0.1) is 22.8 Å². The van der Waals surface area contributed by atoms with Crippen LogP contribution in [0.1, 0.15) is 6.42 Å². The van der Waals surface area contributed by atoms with Gasteiger partial charge in [-0.2, -0.15) is 0 Å². The summed E-state index contributed by atoms with van der Waals surface area (Å²) in [6.07, 6.45) is -0.00480. The molecule has 7 heteroatoms. The van der Waals surface area contributed by atoms with E-state index in [1.165, 1.54) is 24.3 Å². The number of hydrogen-bond acceptors (Lipinski definition) is 3. The first-order valence-corrected chi connectivity index (χ1v) is 7.55. The Morgan fingerprint density at radius 1 is 1.09 bits per heavy atom. The Labute approximate surface area is 141 Å². The van der Waals surface area contributed by atoms with Crippen LogP contribution in [0.4, 0.5) is 15.8 Å². The van der Waals surface area contributed by atoms with Crippen LogP contribution < -0.4 is 10.2 Å². The van der Waals surface area contributed by atoms with E-state index in [0.717, 1.165) is 4.90 Å². The van der Waals surface area contributed by atoms with Gasteiger partial charge in [-0.1, -0.05) is 23.2 Å². The third-order valence-electron chi connectivity index (χ3n) is 3.49. The maximum absolute atomic E-state index is 13.0. The second-order valence-electron chi connectivity index (χ2n) is 5.07. The van der Waals surface area contributed by atoms with Crippen molar-refractivity contribution in [3.63, 3.8) is 0 Å². The van der Waals surface area contributed by atoms with E-state index in [1.807, 2.05) is 0 Å².